The molecule has 1 aliphatic carbocycles. The molecule has 0 radical (unpaired) electrons. The number of Topliss-reactive ketones (excluding diaryl/α,β-unsaturated/α-hetero) is 2. The molecule has 4 aromatic heterocycles. The molecule has 1 saturated carbocycles. The van der Waals surface area contributed by atoms with E-state index in [1.54, 1.807) is 28.1 Å². The topological polar surface area (TPSA) is 159 Å². The zero-order chi connectivity index (χ0) is 34.7. The number of aryl methyl sites for hydroxylation is 2. The number of likely N-dealkylation sites (tertiary alicyclic amines) is 1. The van der Waals surface area contributed by atoms with Crippen LogP contribution in [0.25, 0.3) is 28.1 Å². The van der Waals surface area contributed by atoms with Crippen molar-refractivity contribution in [2.24, 2.45) is 5.41 Å². The van der Waals surface area contributed by atoms with Crippen molar-refractivity contribution in [2.75, 3.05) is 6.61 Å². The van der Waals surface area contributed by atoms with Gasteiger partial charge in [-0.2, -0.15) is 10.1 Å². The largest absolute Gasteiger partial charge is 0.373 e. The zero-order valence-electron chi connectivity index (χ0n) is 27.7. The van der Waals surface area contributed by atoms with Crippen molar-refractivity contribution < 1.29 is 23.6 Å². The van der Waals surface area contributed by atoms with Crippen LogP contribution in [-0.4, -0.2) is 75.9 Å². The number of piperidine rings is 1. The van der Waals surface area contributed by atoms with E-state index in [9.17, 15) is 14.4 Å². The summed E-state index contributed by atoms with van der Waals surface area (Å²) in [7, 11) is 0. The van der Waals surface area contributed by atoms with Crippen molar-refractivity contribution in [1.29, 1.82) is 0 Å². The second-order valence-electron chi connectivity index (χ2n) is 13.4. The number of amides is 1. The van der Waals surface area contributed by atoms with Gasteiger partial charge in [-0.25, -0.2) is 15.0 Å². The molecular formula is C36H33BrN8O5. The monoisotopic (exact) mass is 736 g/mol. The number of nitrogens with zero attached hydrogens (tertiary/aromatic N) is 8. The minimum atomic E-state index is -0.686. The molecule has 5 aromatic rings. The Morgan fingerprint density at radius 1 is 1.08 bits per heavy atom. The summed E-state index contributed by atoms with van der Waals surface area (Å²) in [4.78, 5) is 61.1. The van der Waals surface area contributed by atoms with Crippen molar-refractivity contribution in [3.63, 3.8) is 0 Å². The van der Waals surface area contributed by atoms with Gasteiger partial charge in [0.05, 0.1) is 36.9 Å². The molecule has 1 amide bonds. The van der Waals surface area contributed by atoms with E-state index in [4.69, 9.17) is 9.26 Å². The van der Waals surface area contributed by atoms with Gasteiger partial charge in [-0.3, -0.25) is 19.1 Å². The van der Waals surface area contributed by atoms with Gasteiger partial charge in [0.25, 0.3) is 0 Å². The summed E-state index contributed by atoms with van der Waals surface area (Å²) in [6.07, 6.45) is 8.73. The number of carbonyl (C=O) groups is 3. The Labute approximate surface area is 295 Å². The molecule has 2 aliphatic heterocycles. The normalized spacial score (nSPS) is 21.7. The van der Waals surface area contributed by atoms with Gasteiger partial charge in [0, 0.05) is 48.1 Å². The van der Waals surface area contributed by atoms with E-state index in [1.165, 1.54) is 6.92 Å². The van der Waals surface area contributed by atoms with Gasteiger partial charge in [-0.05, 0) is 83.6 Å². The van der Waals surface area contributed by atoms with Gasteiger partial charge in [0.15, 0.2) is 17.4 Å². The summed E-state index contributed by atoms with van der Waals surface area (Å²) >= 11 is 3.45. The molecular weight excluding hydrogens is 704 g/mol. The molecule has 6 heterocycles. The van der Waals surface area contributed by atoms with Crippen molar-refractivity contribution in [2.45, 2.75) is 71.7 Å². The molecule has 1 spiro atoms. The lowest BCUT2D eigenvalue weighted by Gasteiger charge is -2.27. The smallest absolute Gasteiger partial charge is 0.245 e. The van der Waals surface area contributed by atoms with Crippen LogP contribution in [0.2, 0.25) is 0 Å². The van der Waals surface area contributed by atoms with Gasteiger partial charge in [0.2, 0.25) is 11.8 Å². The van der Waals surface area contributed by atoms with Crippen molar-refractivity contribution in [1.82, 2.24) is 39.8 Å². The molecule has 0 N–H and O–H groups in total. The predicted octanol–water partition coefficient (Wildman–Crippen LogP) is 4.81. The summed E-state index contributed by atoms with van der Waals surface area (Å²) in [6, 6.07) is 6.71. The molecule has 0 unspecified atom stereocenters. The third kappa shape index (κ3) is 5.85. The number of pyridine rings is 1. The number of ketones is 2. The minimum absolute atomic E-state index is 0.0414. The van der Waals surface area contributed by atoms with Crippen LogP contribution in [0.4, 0.5) is 0 Å². The average Bonchev–Trinajstić information content (AvgIpc) is 3.35. The molecule has 1 saturated heterocycles. The highest BCUT2D eigenvalue weighted by molar-refractivity contribution is 9.10. The number of halogens is 1. The van der Waals surface area contributed by atoms with Gasteiger partial charge in [0.1, 0.15) is 22.7 Å². The van der Waals surface area contributed by atoms with Crippen LogP contribution in [0.15, 0.2) is 51.9 Å². The van der Waals surface area contributed by atoms with Crippen LogP contribution < -0.4 is 0 Å². The van der Waals surface area contributed by atoms with Gasteiger partial charge in [-0.1, -0.05) is 17.3 Å². The Kier molecular flexibility index (Phi) is 8.02. The van der Waals surface area contributed by atoms with Crippen LogP contribution in [-0.2, 0) is 40.3 Å². The van der Waals surface area contributed by atoms with E-state index in [0.717, 1.165) is 22.3 Å². The van der Waals surface area contributed by atoms with Gasteiger partial charge in [-0.15, -0.1) is 0 Å². The molecule has 3 aliphatic rings. The fraction of sp³-hybridized carbons (Fsp3) is 0.361. The summed E-state index contributed by atoms with van der Waals surface area (Å²) < 4.78 is 13.7. The molecule has 1 aromatic carbocycles. The molecule has 13 nitrogen and oxygen atoms in total. The van der Waals surface area contributed by atoms with E-state index in [2.05, 4.69) is 46.1 Å². The Morgan fingerprint density at radius 2 is 1.90 bits per heavy atom. The van der Waals surface area contributed by atoms with Gasteiger partial charge >= 0.3 is 0 Å². The quantitative estimate of drug-likeness (QED) is 0.184. The van der Waals surface area contributed by atoms with Crippen molar-refractivity contribution in [3.8, 4) is 11.1 Å². The molecule has 14 heteroatoms. The number of hydrogen-bond acceptors (Lipinski definition) is 11. The van der Waals surface area contributed by atoms with E-state index in [0.29, 0.717) is 64.6 Å². The third-order valence-corrected chi connectivity index (χ3v) is 10.4. The van der Waals surface area contributed by atoms with E-state index >= 15 is 0 Å². The highest BCUT2D eigenvalue weighted by Gasteiger charge is 2.67. The van der Waals surface area contributed by atoms with Crippen LogP contribution in [0.5, 0.6) is 0 Å². The Bertz CT molecular complexity index is 2230. The zero-order valence-corrected chi connectivity index (χ0v) is 29.3. The fourth-order valence-electron chi connectivity index (χ4n) is 7.51. The van der Waals surface area contributed by atoms with E-state index in [-0.39, 0.29) is 54.2 Å². The van der Waals surface area contributed by atoms with Crippen LogP contribution in [0.1, 0.15) is 64.6 Å². The summed E-state index contributed by atoms with van der Waals surface area (Å²) in [6.45, 7) is 5.65. The average molecular weight is 738 g/mol. The maximum atomic E-state index is 14.5. The molecule has 254 valence electrons. The summed E-state index contributed by atoms with van der Waals surface area (Å²) in [5, 5.41) is 9.40. The molecule has 2 fully saturated rings. The fourth-order valence-corrected chi connectivity index (χ4v) is 7.85. The maximum Gasteiger partial charge on any atom is 0.245 e. The molecule has 4 bridgehead atoms. The predicted molar refractivity (Wildman–Crippen MR) is 184 cm³/mol. The van der Waals surface area contributed by atoms with Crippen LogP contribution >= 0.6 is 15.9 Å². The second kappa shape index (κ2) is 12.4. The number of fused-ring (bicyclic) bond motifs is 5. The number of carbonyl (C=O) groups excluding carboxylic acids is 3. The molecule has 50 heavy (non-hydrogen) atoms. The highest BCUT2D eigenvalue weighted by atomic mass is 79.9. The van der Waals surface area contributed by atoms with E-state index in [1.807, 2.05) is 44.2 Å². The number of ether oxygens (including phenoxy) is 1. The van der Waals surface area contributed by atoms with E-state index < -0.39 is 6.04 Å². The standard InChI is InChI=1S/C36H33BrN8O5/c1-19-9-23(24-15-38-21(3)39-16-24)10-25-34(20(2)46)42-44(35(19)25)17-33(48)45-27-12-36(13-29(36)45)14-32-41-31(43-50-32)5-4-8-49-18-22-6-7-30(37)40-26(22)11-28(27)47/h4-7,9-10,15-16,27,29H,8,11-14,17-18H2,1-3H3/t27-,29+,36-/m0/s1. The first-order valence-electron chi connectivity index (χ1n) is 16.4. The number of rotatable bonds is 4. The number of benzene rings is 1. The van der Waals surface area contributed by atoms with Gasteiger partial charge < -0.3 is 14.2 Å². The highest BCUT2D eigenvalue weighted by Crippen LogP contribution is 2.61. The SMILES string of the molecule is CC(=O)c1nn(CC(=O)N2[C@H]3C[C@@]4(Cc5nc(no5)C=CCOCc5ccc(Br)nc5CC3=O)C[C@@H]24)c2c(C)cc(-c3cnc(C)nc3)cc12. The minimum Gasteiger partial charge on any atom is -0.373 e. The summed E-state index contributed by atoms with van der Waals surface area (Å²) in [5.74, 6) is 0.991. The van der Waals surface area contributed by atoms with Crippen LogP contribution in [0, 0.1) is 19.3 Å². The van der Waals surface area contributed by atoms with Crippen molar-refractivity contribution in [3.05, 3.63) is 87.4 Å². The third-order valence-electron chi connectivity index (χ3n) is 9.95. The lowest BCUT2D eigenvalue weighted by molar-refractivity contribution is -0.139. The first kappa shape index (κ1) is 32.3. The number of aromatic nitrogens is 7. The first-order chi connectivity index (χ1) is 24.1. The molecule has 8 rings (SSSR count). The lowest BCUT2D eigenvalue weighted by atomic mass is 9.92. The Balaban J connectivity index is 1.15. The Morgan fingerprint density at radius 3 is 2.70 bits per heavy atom. The molecule has 3 atom stereocenters. The van der Waals surface area contributed by atoms with Crippen LogP contribution in [0.3, 0.4) is 0 Å². The number of hydrogen-bond donors (Lipinski definition) is 0. The second-order valence-corrected chi connectivity index (χ2v) is 14.2. The Hall–Kier alpha value is -4.95. The first-order valence-corrected chi connectivity index (χ1v) is 17.2. The lowest BCUT2D eigenvalue weighted by Crippen LogP contribution is -2.45. The van der Waals surface area contributed by atoms with Crippen molar-refractivity contribution >= 4 is 50.4 Å². The summed E-state index contributed by atoms with van der Waals surface area (Å²) in [5.41, 5.74) is 4.49. The maximum absolute atomic E-state index is 14.5.